The molecular weight excluding hydrogens is 446 g/mol. The van der Waals surface area contributed by atoms with Gasteiger partial charge in [0, 0.05) is 41.5 Å². The second-order valence-electron chi connectivity index (χ2n) is 7.02. The Morgan fingerprint density at radius 2 is 2.00 bits per heavy atom. The van der Waals surface area contributed by atoms with Crippen LogP contribution in [0.2, 0.25) is 0 Å². The van der Waals surface area contributed by atoms with Gasteiger partial charge in [-0.1, -0.05) is 17.3 Å². The summed E-state index contributed by atoms with van der Waals surface area (Å²) in [5.41, 5.74) is 3.47. The molecule has 0 amide bonds. The van der Waals surface area contributed by atoms with Gasteiger partial charge in [0.15, 0.2) is 5.65 Å². The zero-order valence-electron chi connectivity index (χ0n) is 16.4. The first kappa shape index (κ1) is 18.7. The molecule has 4 aromatic heterocycles. The van der Waals surface area contributed by atoms with Crippen molar-refractivity contribution in [3.05, 3.63) is 58.4 Å². The van der Waals surface area contributed by atoms with E-state index < -0.39 is 0 Å². The van der Waals surface area contributed by atoms with Crippen molar-refractivity contribution in [3.8, 4) is 11.4 Å². The Kier molecular flexibility index (Phi) is 4.66. The van der Waals surface area contributed by atoms with E-state index in [2.05, 4.69) is 51.3 Å². The Hall–Kier alpha value is -3.33. The highest BCUT2D eigenvalue weighted by Gasteiger charge is 2.10. The average molecular weight is 464 g/mol. The molecular formula is C21H18BrN7O. The lowest BCUT2D eigenvalue weighted by molar-refractivity contribution is 0.394. The summed E-state index contributed by atoms with van der Waals surface area (Å²) in [6.07, 6.45) is 2.52. The molecule has 1 aromatic carbocycles. The Bertz CT molecular complexity index is 1340. The SMILES string of the molecule is Cc1nc(-c2ccc3ccnc(NCCc4nc5cc(Br)c(C)nc5[nH]4)c3c2)no1. The number of hydrogen-bond acceptors (Lipinski definition) is 7. The first-order chi connectivity index (χ1) is 14.6. The minimum atomic E-state index is 0.539. The van der Waals surface area contributed by atoms with E-state index in [0.29, 0.717) is 18.3 Å². The third-order valence-corrected chi connectivity index (χ3v) is 5.66. The number of H-pyrrole nitrogens is 1. The summed E-state index contributed by atoms with van der Waals surface area (Å²) in [6, 6.07) is 10.0. The highest BCUT2D eigenvalue weighted by atomic mass is 79.9. The van der Waals surface area contributed by atoms with Crippen LogP contribution >= 0.6 is 15.9 Å². The predicted molar refractivity (Wildman–Crippen MR) is 118 cm³/mol. The van der Waals surface area contributed by atoms with Crippen LogP contribution in [0.15, 0.2) is 45.5 Å². The normalized spacial score (nSPS) is 11.4. The van der Waals surface area contributed by atoms with Crippen LogP contribution in [0.25, 0.3) is 33.3 Å². The minimum Gasteiger partial charge on any atom is -0.369 e. The molecule has 0 bridgehead atoms. The lowest BCUT2D eigenvalue weighted by Gasteiger charge is -2.09. The number of aromatic amines is 1. The van der Waals surface area contributed by atoms with Crippen molar-refractivity contribution in [2.45, 2.75) is 20.3 Å². The molecule has 30 heavy (non-hydrogen) atoms. The van der Waals surface area contributed by atoms with Crippen molar-refractivity contribution in [1.82, 2.24) is 30.1 Å². The van der Waals surface area contributed by atoms with E-state index in [0.717, 1.165) is 55.7 Å². The Balaban J connectivity index is 1.37. The average Bonchev–Trinajstić information content (AvgIpc) is 3.34. The smallest absolute Gasteiger partial charge is 0.223 e. The lowest BCUT2D eigenvalue weighted by Crippen LogP contribution is -2.07. The van der Waals surface area contributed by atoms with Gasteiger partial charge >= 0.3 is 0 Å². The number of aromatic nitrogens is 6. The molecule has 0 fully saturated rings. The van der Waals surface area contributed by atoms with Gasteiger partial charge in [-0.3, -0.25) is 0 Å². The molecule has 9 heteroatoms. The maximum absolute atomic E-state index is 5.10. The zero-order chi connectivity index (χ0) is 20.7. The Morgan fingerprint density at radius 1 is 1.10 bits per heavy atom. The number of pyridine rings is 2. The molecule has 5 rings (SSSR count). The molecule has 0 spiro atoms. The summed E-state index contributed by atoms with van der Waals surface area (Å²) >= 11 is 3.50. The van der Waals surface area contributed by atoms with Gasteiger partial charge in [0.25, 0.3) is 0 Å². The van der Waals surface area contributed by atoms with Gasteiger partial charge in [-0.25, -0.2) is 15.0 Å². The fourth-order valence-corrected chi connectivity index (χ4v) is 3.65. The number of fused-ring (bicyclic) bond motifs is 2. The van der Waals surface area contributed by atoms with Crippen LogP contribution in [-0.4, -0.2) is 36.6 Å². The summed E-state index contributed by atoms with van der Waals surface area (Å²) in [6.45, 7) is 4.42. The van der Waals surface area contributed by atoms with Crippen LogP contribution in [0.3, 0.4) is 0 Å². The topological polar surface area (TPSA) is 105 Å². The van der Waals surface area contributed by atoms with E-state index in [1.165, 1.54) is 0 Å². The van der Waals surface area contributed by atoms with Crippen LogP contribution in [0.5, 0.6) is 0 Å². The van der Waals surface area contributed by atoms with Crippen LogP contribution in [0, 0.1) is 13.8 Å². The highest BCUT2D eigenvalue weighted by molar-refractivity contribution is 9.10. The number of nitrogens with zero attached hydrogens (tertiary/aromatic N) is 5. The van der Waals surface area contributed by atoms with E-state index in [1.54, 1.807) is 13.1 Å². The first-order valence-electron chi connectivity index (χ1n) is 9.52. The largest absolute Gasteiger partial charge is 0.369 e. The third kappa shape index (κ3) is 3.52. The van der Waals surface area contributed by atoms with Crippen LogP contribution in [0.1, 0.15) is 17.4 Å². The monoisotopic (exact) mass is 463 g/mol. The van der Waals surface area contributed by atoms with Crippen LogP contribution in [-0.2, 0) is 6.42 Å². The van der Waals surface area contributed by atoms with Gasteiger partial charge in [0.1, 0.15) is 17.2 Å². The summed E-state index contributed by atoms with van der Waals surface area (Å²) in [4.78, 5) is 21.3. The molecule has 150 valence electrons. The maximum atomic E-state index is 5.10. The van der Waals surface area contributed by atoms with Crippen molar-refractivity contribution in [2.75, 3.05) is 11.9 Å². The Labute approximate surface area is 180 Å². The first-order valence-corrected chi connectivity index (χ1v) is 10.3. The minimum absolute atomic E-state index is 0.539. The summed E-state index contributed by atoms with van der Waals surface area (Å²) in [5, 5.41) is 9.52. The van der Waals surface area contributed by atoms with E-state index in [1.807, 2.05) is 37.3 Å². The number of rotatable bonds is 5. The molecule has 4 heterocycles. The number of anilines is 1. The molecule has 0 aliphatic carbocycles. The second-order valence-corrected chi connectivity index (χ2v) is 7.87. The van der Waals surface area contributed by atoms with E-state index in [9.17, 15) is 0 Å². The number of imidazole rings is 1. The third-order valence-electron chi connectivity index (χ3n) is 4.86. The molecule has 8 nitrogen and oxygen atoms in total. The van der Waals surface area contributed by atoms with E-state index >= 15 is 0 Å². The molecule has 5 aromatic rings. The number of aryl methyl sites for hydroxylation is 2. The molecule has 0 unspecified atom stereocenters. The van der Waals surface area contributed by atoms with Crippen molar-refractivity contribution in [3.63, 3.8) is 0 Å². The van der Waals surface area contributed by atoms with Gasteiger partial charge in [-0.05, 0) is 46.4 Å². The number of benzene rings is 1. The molecule has 0 atom stereocenters. The van der Waals surface area contributed by atoms with Gasteiger partial charge in [0.2, 0.25) is 11.7 Å². The molecule has 0 aliphatic rings. The van der Waals surface area contributed by atoms with Crippen LogP contribution in [0.4, 0.5) is 5.82 Å². The predicted octanol–water partition coefficient (Wildman–Crippen LogP) is 4.59. The zero-order valence-corrected chi connectivity index (χ0v) is 18.0. The standard InChI is InChI=1S/C21H18BrN7O/c1-11-16(22)10-17-21(25-11)28-18(27-17)6-8-24-20-15-9-14(19-26-12(2)30-29-19)4-3-13(15)5-7-23-20/h3-5,7,9-10H,6,8H2,1-2H3,(H,23,24)(H,25,27,28). The molecule has 0 saturated carbocycles. The van der Waals surface area contributed by atoms with Gasteiger partial charge in [0.05, 0.1) is 5.69 Å². The van der Waals surface area contributed by atoms with E-state index in [-0.39, 0.29) is 0 Å². The number of hydrogen-bond donors (Lipinski definition) is 2. The van der Waals surface area contributed by atoms with E-state index in [4.69, 9.17) is 4.52 Å². The molecule has 0 saturated heterocycles. The van der Waals surface area contributed by atoms with Gasteiger partial charge in [-0.15, -0.1) is 0 Å². The fourth-order valence-electron chi connectivity index (χ4n) is 3.34. The molecule has 2 N–H and O–H groups in total. The summed E-state index contributed by atoms with van der Waals surface area (Å²) in [7, 11) is 0. The van der Waals surface area contributed by atoms with Gasteiger partial charge in [-0.2, -0.15) is 4.98 Å². The second kappa shape index (κ2) is 7.49. The number of halogens is 1. The van der Waals surface area contributed by atoms with Crippen molar-refractivity contribution in [2.24, 2.45) is 0 Å². The van der Waals surface area contributed by atoms with Crippen molar-refractivity contribution >= 4 is 43.7 Å². The highest BCUT2D eigenvalue weighted by Crippen LogP contribution is 2.27. The van der Waals surface area contributed by atoms with Crippen molar-refractivity contribution < 1.29 is 4.52 Å². The van der Waals surface area contributed by atoms with Crippen molar-refractivity contribution in [1.29, 1.82) is 0 Å². The molecule has 0 aliphatic heterocycles. The fraction of sp³-hybridized carbons (Fsp3) is 0.190. The summed E-state index contributed by atoms with van der Waals surface area (Å²) in [5.74, 6) is 2.80. The summed E-state index contributed by atoms with van der Waals surface area (Å²) < 4.78 is 6.06. The van der Waals surface area contributed by atoms with Gasteiger partial charge < -0.3 is 14.8 Å². The maximum Gasteiger partial charge on any atom is 0.223 e. The lowest BCUT2D eigenvalue weighted by atomic mass is 10.1. The van der Waals surface area contributed by atoms with Crippen LogP contribution < -0.4 is 5.32 Å². The quantitative estimate of drug-likeness (QED) is 0.392. The number of nitrogens with one attached hydrogen (secondary N) is 2. The Morgan fingerprint density at radius 3 is 2.83 bits per heavy atom. The molecule has 0 radical (unpaired) electrons.